The van der Waals surface area contributed by atoms with Crippen LogP contribution >= 0.6 is 0 Å². The molecule has 0 N–H and O–H groups in total. The fourth-order valence-electron chi connectivity index (χ4n) is 3.60. The highest BCUT2D eigenvalue weighted by molar-refractivity contribution is 5.76. The molecular weight excluding hydrogens is 361 g/mol. The van der Waals surface area contributed by atoms with Gasteiger partial charge in [-0.2, -0.15) is 4.98 Å². The van der Waals surface area contributed by atoms with E-state index in [0.717, 1.165) is 16.0 Å². The standard InChI is InChI=1S/C20H20FN5O2/c1-5-10-24-12(2)13(3)26-16-17(22-19(24)26)23(4)20(28)25(18(16)27)11-14-8-6-7-9-15(14)21/h5-9H,1,10-11H2,2-4H3. The highest BCUT2D eigenvalue weighted by Gasteiger charge is 2.22. The van der Waals surface area contributed by atoms with Gasteiger partial charge in [-0.3, -0.25) is 18.3 Å². The third-order valence-electron chi connectivity index (χ3n) is 5.23. The average Bonchev–Trinajstić information content (AvgIpc) is 3.17. The van der Waals surface area contributed by atoms with Gasteiger partial charge in [0.2, 0.25) is 5.78 Å². The molecule has 0 aliphatic rings. The zero-order chi connectivity index (χ0) is 20.2. The summed E-state index contributed by atoms with van der Waals surface area (Å²) in [6, 6.07) is 6.11. The Labute approximate surface area is 159 Å². The van der Waals surface area contributed by atoms with Crippen LogP contribution in [-0.4, -0.2) is 23.1 Å². The number of nitrogens with zero attached hydrogens (tertiary/aromatic N) is 5. The van der Waals surface area contributed by atoms with E-state index in [2.05, 4.69) is 11.6 Å². The molecule has 0 bridgehead atoms. The number of aryl methyl sites for hydroxylation is 2. The van der Waals surface area contributed by atoms with Gasteiger partial charge in [-0.05, 0) is 19.9 Å². The van der Waals surface area contributed by atoms with E-state index in [0.29, 0.717) is 23.5 Å². The van der Waals surface area contributed by atoms with Crippen molar-refractivity contribution in [3.63, 3.8) is 0 Å². The summed E-state index contributed by atoms with van der Waals surface area (Å²) < 4.78 is 20.2. The molecule has 0 atom stereocenters. The number of fused-ring (bicyclic) bond motifs is 3. The Bertz CT molecular complexity index is 1370. The smallest absolute Gasteiger partial charge is 0.310 e. The number of allylic oxidation sites excluding steroid dienone is 1. The first-order valence-electron chi connectivity index (χ1n) is 8.88. The zero-order valence-electron chi connectivity index (χ0n) is 15.9. The van der Waals surface area contributed by atoms with Gasteiger partial charge >= 0.3 is 5.69 Å². The summed E-state index contributed by atoms with van der Waals surface area (Å²) in [6.45, 7) is 8.00. The van der Waals surface area contributed by atoms with Crippen LogP contribution in [-0.2, 0) is 20.1 Å². The lowest BCUT2D eigenvalue weighted by molar-refractivity contribution is 0.582. The lowest BCUT2D eigenvalue weighted by Crippen LogP contribution is -2.39. The van der Waals surface area contributed by atoms with Crippen molar-refractivity contribution in [1.82, 2.24) is 23.1 Å². The molecular formula is C20H20FN5O2. The van der Waals surface area contributed by atoms with E-state index in [1.54, 1.807) is 35.7 Å². The van der Waals surface area contributed by atoms with Crippen molar-refractivity contribution in [2.24, 2.45) is 7.05 Å². The van der Waals surface area contributed by atoms with Crippen LogP contribution in [0.3, 0.4) is 0 Å². The average molecular weight is 381 g/mol. The molecule has 28 heavy (non-hydrogen) atoms. The van der Waals surface area contributed by atoms with Gasteiger partial charge in [0.25, 0.3) is 5.56 Å². The molecule has 0 fully saturated rings. The first kappa shape index (κ1) is 18.0. The second-order valence-electron chi connectivity index (χ2n) is 6.81. The summed E-state index contributed by atoms with van der Waals surface area (Å²) >= 11 is 0. The van der Waals surface area contributed by atoms with Gasteiger partial charge in [0.15, 0.2) is 11.2 Å². The molecule has 4 aromatic rings. The van der Waals surface area contributed by atoms with Crippen LogP contribution in [0.4, 0.5) is 4.39 Å². The van der Waals surface area contributed by atoms with Crippen LogP contribution in [0, 0.1) is 19.7 Å². The molecule has 0 spiro atoms. The minimum Gasteiger partial charge on any atom is -0.310 e. The summed E-state index contributed by atoms with van der Waals surface area (Å²) in [5, 5.41) is 0. The Kier molecular flexibility index (Phi) is 4.06. The Balaban J connectivity index is 2.09. The van der Waals surface area contributed by atoms with Crippen LogP contribution in [0.1, 0.15) is 17.0 Å². The fourth-order valence-corrected chi connectivity index (χ4v) is 3.60. The van der Waals surface area contributed by atoms with Gasteiger partial charge in [0, 0.05) is 30.5 Å². The Morgan fingerprint density at radius 2 is 1.86 bits per heavy atom. The Hall–Kier alpha value is -3.42. The normalized spacial score (nSPS) is 11.6. The van der Waals surface area contributed by atoms with E-state index in [9.17, 15) is 14.0 Å². The quantitative estimate of drug-likeness (QED) is 0.509. The van der Waals surface area contributed by atoms with Crippen LogP contribution in [0.5, 0.6) is 0 Å². The van der Waals surface area contributed by atoms with Crippen molar-refractivity contribution in [3.05, 3.63) is 80.5 Å². The van der Waals surface area contributed by atoms with Crippen LogP contribution in [0.2, 0.25) is 0 Å². The largest absolute Gasteiger partial charge is 0.332 e. The van der Waals surface area contributed by atoms with E-state index in [-0.39, 0.29) is 12.1 Å². The molecule has 0 aliphatic heterocycles. The lowest BCUT2D eigenvalue weighted by atomic mass is 10.2. The Morgan fingerprint density at radius 1 is 1.14 bits per heavy atom. The van der Waals surface area contributed by atoms with Gasteiger partial charge in [0.05, 0.1) is 6.54 Å². The van der Waals surface area contributed by atoms with Gasteiger partial charge < -0.3 is 4.57 Å². The molecule has 0 unspecified atom stereocenters. The van der Waals surface area contributed by atoms with Crippen molar-refractivity contribution in [1.29, 1.82) is 0 Å². The van der Waals surface area contributed by atoms with Gasteiger partial charge in [-0.25, -0.2) is 9.18 Å². The fraction of sp³-hybridized carbons (Fsp3) is 0.250. The van der Waals surface area contributed by atoms with Gasteiger partial charge in [-0.1, -0.05) is 24.3 Å². The van der Waals surface area contributed by atoms with Crippen molar-refractivity contribution in [3.8, 4) is 0 Å². The maximum atomic E-state index is 14.1. The van der Waals surface area contributed by atoms with Crippen molar-refractivity contribution in [2.75, 3.05) is 0 Å². The summed E-state index contributed by atoms with van der Waals surface area (Å²) in [7, 11) is 1.56. The molecule has 0 amide bonds. The first-order valence-corrected chi connectivity index (χ1v) is 8.88. The predicted octanol–water partition coefficient (Wildman–Crippen LogP) is 2.14. The number of aromatic nitrogens is 5. The van der Waals surface area contributed by atoms with Gasteiger partial charge in [-0.15, -0.1) is 6.58 Å². The second kappa shape index (κ2) is 6.33. The number of hydrogen-bond donors (Lipinski definition) is 0. The first-order chi connectivity index (χ1) is 13.4. The number of hydrogen-bond acceptors (Lipinski definition) is 3. The molecule has 0 aliphatic carbocycles. The van der Waals surface area contributed by atoms with E-state index in [1.807, 2.05) is 18.4 Å². The molecule has 144 valence electrons. The number of halogens is 1. The summed E-state index contributed by atoms with van der Waals surface area (Å²) in [4.78, 5) is 30.6. The third kappa shape index (κ3) is 2.37. The summed E-state index contributed by atoms with van der Waals surface area (Å²) in [6.07, 6.45) is 1.75. The molecule has 4 rings (SSSR count). The molecule has 0 radical (unpaired) electrons. The highest BCUT2D eigenvalue weighted by Crippen LogP contribution is 2.20. The van der Waals surface area contributed by atoms with E-state index < -0.39 is 17.1 Å². The molecule has 0 saturated heterocycles. The van der Waals surface area contributed by atoms with Crippen LogP contribution in [0.15, 0.2) is 46.5 Å². The SMILES string of the molecule is C=CCn1c(C)c(C)n2c3c(=O)n(Cc4ccccc4F)c(=O)n(C)c3nc12. The maximum absolute atomic E-state index is 14.1. The highest BCUT2D eigenvalue weighted by atomic mass is 19.1. The monoisotopic (exact) mass is 381 g/mol. The molecule has 3 aromatic heterocycles. The predicted molar refractivity (Wildman–Crippen MR) is 105 cm³/mol. The summed E-state index contributed by atoms with van der Waals surface area (Å²) in [5.74, 6) is 0.111. The second-order valence-corrected chi connectivity index (χ2v) is 6.81. The molecule has 8 heteroatoms. The minimum atomic E-state index is -0.536. The number of rotatable bonds is 4. The zero-order valence-corrected chi connectivity index (χ0v) is 15.9. The maximum Gasteiger partial charge on any atom is 0.332 e. The van der Waals surface area contributed by atoms with Crippen LogP contribution < -0.4 is 11.2 Å². The number of benzene rings is 1. The molecule has 7 nitrogen and oxygen atoms in total. The number of imidazole rings is 2. The van der Waals surface area contributed by atoms with Crippen molar-refractivity contribution < 1.29 is 4.39 Å². The van der Waals surface area contributed by atoms with E-state index in [1.165, 1.54) is 10.6 Å². The molecule has 3 heterocycles. The topological polar surface area (TPSA) is 66.2 Å². The van der Waals surface area contributed by atoms with Gasteiger partial charge in [0.1, 0.15) is 5.82 Å². The van der Waals surface area contributed by atoms with Crippen molar-refractivity contribution >= 4 is 16.9 Å². The lowest BCUT2D eigenvalue weighted by Gasteiger charge is -2.09. The van der Waals surface area contributed by atoms with Crippen LogP contribution in [0.25, 0.3) is 16.9 Å². The van der Waals surface area contributed by atoms with E-state index >= 15 is 0 Å². The van der Waals surface area contributed by atoms with Crippen molar-refractivity contribution in [2.45, 2.75) is 26.9 Å². The third-order valence-corrected chi connectivity index (χ3v) is 5.23. The Morgan fingerprint density at radius 3 is 2.54 bits per heavy atom. The summed E-state index contributed by atoms with van der Waals surface area (Å²) in [5.41, 5.74) is 1.66. The molecule has 1 aromatic carbocycles. The minimum absolute atomic E-state index is 0.146. The molecule has 0 saturated carbocycles. The van der Waals surface area contributed by atoms with E-state index in [4.69, 9.17) is 0 Å².